The molecule has 11 heteroatoms. The van der Waals surface area contributed by atoms with Gasteiger partial charge in [-0.05, 0) is 84.7 Å². The summed E-state index contributed by atoms with van der Waals surface area (Å²) >= 11 is 18.7. The van der Waals surface area contributed by atoms with Crippen LogP contribution in [0.5, 0.6) is 0 Å². The normalized spacial score (nSPS) is 13.3. The molecule has 2 rings (SSSR count). The zero-order valence-corrected chi connectivity index (χ0v) is 27.4. The Morgan fingerprint density at radius 1 is 0.829 bits per heavy atom. The molecule has 0 bridgehead atoms. The highest BCUT2D eigenvalue weighted by atomic mass is 79.9. The van der Waals surface area contributed by atoms with Crippen LogP contribution in [0.1, 0.15) is 68.6 Å². The third-order valence-electron chi connectivity index (χ3n) is 4.24. The minimum absolute atomic E-state index is 0.250. The summed E-state index contributed by atoms with van der Waals surface area (Å²) in [5.41, 5.74) is 3.17. The number of carbonyl (C=O) groups excluding carboxylic acids is 1. The van der Waals surface area contributed by atoms with Crippen LogP contribution < -0.4 is 5.14 Å². The van der Waals surface area contributed by atoms with Crippen LogP contribution in [0.2, 0.25) is 10.0 Å². The fourth-order valence-corrected chi connectivity index (χ4v) is 3.66. The molecule has 35 heavy (non-hydrogen) atoms. The highest BCUT2D eigenvalue weighted by Crippen LogP contribution is 2.27. The number of hydrogen-bond acceptors (Lipinski definition) is 3. The van der Waals surface area contributed by atoms with E-state index in [2.05, 4.69) is 36.3 Å². The molecule has 0 radical (unpaired) electrons. The van der Waals surface area contributed by atoms with Crippen molar-refractivity contribution in [3.8, 4) is 0 Å². The molecule has 0 unspecified atom stereocenters. The number of nitrogens with zero attached hydrogens (tertiary/aromatic N) is 1. The quantitative estimate of drug-likeness (QED) is 0.262. The molecule has 0 fully saturated rings. The van der Waals surface area contributed by atoms with Crippen LogP contribution in [0, 0.1) is 13.8 Å². The molecule has 2 atom stereocenters. The first-order valence-corrected chi connectivity index (χ1v) is 15.0. The van der Waals surface area contributed by atoms with Gasteiger partial charge in [0.1, 0.15) is 11.0 Å². The van der Waals surface area contributed by atoms with Gasteiger partial charge >= 0.3 is 0 Å². The monoisotopic (exact) mass is 688 g/mol. The molecular formula is C24H32Br2Cl2N2O3S2. The number of hydrogen-bond donors (Lipinski definition) is 1. The summed E-state index contributed by atoms with van der Waals surface area (Å²) < 4.78 is 27.4. The standard InChI is InChI=1S/C12H15BrClNOS.C8H6BrClO.C4H11NOS/c1-8-10(13)6-5-9(11(8)14)7-15-17(16)12(2,3)4;1-5-7(9)3-2-6(4-11)8(5)10;1-4(2,3)7(5)6/h5-7H,1-4H3;2-4H,1H3;5H2,1-3H3/t17-;;7-/m0.0/s1. The van der Waals surface area contributed by atoms with Crippen LogP contribution in [-0.4, -0.2) is 30.4 Å². The average molecular weight is 691 g/mol. The summed E-state index contributed by atoms with van der Waals surface area (Å²) in [4.78, 5) is 10.4. The number of halogens is 4. The number of nitrogens with two attached hydrogens (primary N) is 1. The Hall–Kier alpha value is -0.420. The Labute approximate surface area is 241 Å². The molecule has 0 spiro atoms. The van der Waals surface area contributed by atoms with Gasteiger partial charge in [0.15, 0.2) is 6.29 Å². The van der Waals surface area contributed by atoms with Gasteiger partial charge < -0.3 is 0 Å². The summed E-state index contributed by atoms with van der Waals surface area (Å²) in [6, 6.07) is 7.25. The molecule has 0 aliphatic heterocycles. The van der Waals surface area contributed by atoms with Crippen LogP contribution in [-0.2, 0) is 22.0 Å². The second-order valence-electron chi connectivity index (χ2n) is 9.27. The van der Waals surface area contributed by atoms with E-state index in [0.717, 1.165) is 31.9 Å². The highest BCUT2D eigenvalue weighted by molar-refractivity contribution is 9.10. The van der Waals surface area contributed by atoms with Gasteiger partial charge in [0.05, 0.1) is 30.5 Å². The molecule has 0 saturated carbocycles. The summed E-state index contributed by atoms with van der Waals surface area (Å²) in [7, 11) is -2.44. The topological polar surface area (TPSA) is 89.6 Å². The maximum atomic E-state index is 11.8. The van der Waals surface area contributed by atoms with Crippen molar-refractivity contribution < 1.29 is 13.2 Å². The summed E-state index contributed by atoms with van der Waals surface area (Å²) in [5, 5.41) is 6.20. The van der Waals surface area contributed by atoms with Crippen LogP contribution >= 0.6 is 55.1 Å². The summed E-state index contributed by atoms with van der Waals surface area (Å²) in [6.45, 7) is 14.9. The van der Waals surface area contributed by atoms with E-state index in [1.165, 1.54) is 0 Å². The Kier molecular flexibility index (Phi) is 14.9. The maximum absolute atomic E-state index is 11.8. The molecule has 2 N–H and O–H groups in total. The second-order valence-corrected chi connectivity index (χ2v) is 15.5. The van der Waals surface area contributed by atoms with Crippen molar-refractivity contribution in [2.75, 3.05) is 0 Å². The first-order valence-electron chi connectivity index (χ1n) is 10.3. The van der Waals surface area contributed by atoms with Crippen LogP contribution in [0.4, 0.5) is 0 Å². The minimum Gasteiger partial charge on any atom is -0.298 e. The molecule has 0 heterocycles. The zero-order valence-electron chi connectivity index (χ0n) is 21.0. The molecule has 2 aromatic rings. The second kappa shape index (κ2) is 15.1. The summed E-state index contributed by atoms with van der Waals surface area (Å²) in [6.07, 6.45) is 2.32. The van der Waals surface area contributed by atoms with E-state index in [4.69, 9.17) is 28.3 Å². The minimum atomic E-state index is -1.26. The summed E-state index contributed by atoms with van der Waals surface area (Å²) in [5.74, 6) is 0. The van der Waals surface area contributed by atoms with Gasteiger partial charge in [-0.3, -0.25) is 9.93 Å². The van der Waals surface area contributed by atoms with Crippen molar-refractivity contribution >= 4 is 89.5 Å². The van der Waals surface area contributed by atoms with Gasteiger partial charge in [-0.2, -0.15) is 4.40 Å². The fourth-order valence-electron chi connectivity index (χ4n) is 1.82. The number of aldehydes is 1. The predicted octanol–water partition coefficient (Wildman–Crippen LogP) is 7.92. The van der Waals surface area contributed by atoms with E-state index in [1.54, 1.807) is 12.3 Å². The van der Waals surface area contributed by atoms with Crippen molar-refractivity contribution in [2.45, 2.75) is 64.9 Å². The lowest BCUT2D eigenvalue weighted by atomic mass is 10.1. The van der Waals surface area contributed by atoms with E-state index >= 15 is 0 Å². The number of rotatable bonds is 3. The average Bonchev–Trinajstić information content (AvgIpc) is 2.75. The van der Waals surface area contributed by atoms with Gasteiger partial charge in [-0.25, -0.2) is 8.42 Å². The van der Waals surface area contributed by atoms with E-state index < -0.39 is 22.0 Å². The van der Waals surface area contributed by atoms with Crippen molar-refractivity contribution in [1.82, 2.24) is 0 Å². The SMILES string of the molecule is CC(C)(C)[S@@](N)=O.Cc1c(Br)ccc(C=N[S@@](=O)C(C)(C)C)c1Cl.Cc1c(Br)ccc(C=O)c1Cl. The van der Waals surface area contributed by atoms with Crippen molar-refractivity contribution in [2.24, 2.45) is 9.54 Å². The Bertz CT molecular complexity index is 1110. The van der Waals surface area contributed by atoms with Crippen molar-refractivity contribution in [3.05, 3.63) is 65.5 Å². The molecule has 5 nitrogen and oxygen atoms in total. The van der Waals surface area contributed by atoms with E-state index in [0.29, 0.717) is 15.6 Å². The van der Waals surface area contributed by atoms with Gasteiger partial charge in [0, 0.05) is 26.3 Å². The van der Waals surface area contributed by atoms with Gasteiger partial charge in [-0.1, -0.05) is 61.1 Å². The zero-order chi connectivity index (χ0) is 27.7. The Morgan fingerprint density at radius 2 is 1.20 bits per heavy atom. The Balaban J connectivity index is 0.000000550. The molecule has 0 saturated heterocycles. The molecular weight excluding hydrogens is 659 g/mol. The van der Waals surface area contributed by atoms with E-state index in [9.17, 15) is 13.2 Å². The van der Waals surface area contributed by atoms with Gasteiger partial charge in [0.2, 0.25) is 0 Å². The smallest absolute Gasteiger partial charge is 0.151 e. The lowest BCUT2D eigenvalue weighted by Gasteiger charge is -2.13. The van der Waals surface area contributed by atoms with Crippen molar-refractivity contribution in [1.29, 1.82) is 0 Å². The first-order chi connectivity index (χ1) is 15.8. The molecule has 0 amide bonds. The van der Waals surface area contributed by atoms with Gasteiger partial charge in [-0.15, -0.1) is 0 Å². The lowest BCUT2D eigenvalue weighted by molar-refractivity contribution is 0.112. The first kappa shape index (κ1) is 34.6. The third kappa shape index (κ3) is 12.1. The maximum Gasteiger partial charge on any atom is 0.151 e. The Morgan fingerprint density at radius 3 is 1.54 bits per heavy atom. The van der Waals surface area contributed by atoms with Gasteiger partial charge in [0.25, 0.3) is 0 Å². The number of benzene rings is 2. The molecule has 2 aromatic carbocycles. The largest absolute Gasteiger partial charge is 0.298 e. The van der Waals surface area contributed by atoms with E-state index in [1.807, 2.05) is 73.6 Å². The molecule has 0 aromatic heterocycles. The fraction of sp³-hybridized carbons (Fsp3) is 0.417. The predicted molar refractivity (Wildman–Crippen MR) is 161 cm³/mol. The third-order valence-corrected chi connectivity index (χ3v) is 9.52. The van der Waals surface area contributed by atoms with Crippen LogP contribution in [0.15, 0.2) is 37.6 Å². The lowest BCUT2D eigenvalue weighted by Crippen LogP contribution is -2.27. The van der Waals surface area contributed by atoms with Crippen LogP contribution in [0.25, 0.3) is 0 Å². The molecule has 0 aliphatic rings. The van der Waals surface area contributed by atoms with E-state index in [-0.39, 0.29) is 9.49 Å². The highest BCUT2D eigenvalue weighted by Gasteiger charge is 2.18. The molecule has 0 aliphatic carbocycles. The number of carbonyl (C=O) groups is 1. The van der Waals surface area contributed by atoms with Crippen LogP contribution in [0.3, 0.4) is 0 Å². The molecule has 196 valence electrons. The van der Waals surface area contributed by atoms with Crippen molar-refractivity contribution in [3.63, 3.8) is 0 Å².